The summed E-state index contributed by atoms with van der Waals surface area (Å²) in [6.45, 7) is 8.37. The number of benzene rings is 1. The summed E-state index contributed by atoms with van der Waals surface area (Å²) in [4.78, 5) is 22.8. The Balaban J connectivity index is 2.91. The van der Waals surface area contributed by atoms with Crippen molar-refractivity contribution >= 4 is 35.5 Å². The smallest absolute Gasteiger partial charge is 0.315 e. The van der Waals surface area contributed by atoms with Crippen LogP contribution in [0.4, 0.5) is 0 Å². The number of hydrogen-bond acceptors (Lipinski definition) is 6. The molecule has 1 rings (SSSR count). The van der Waals surface area contributed by atoms with Crippen LogP contribution >= 0.6 is 23.5 Å². The molecule has 0 unspecified atom stereocenters. The van der Waals surface area contributed by atoms with Gasteiger partial charge in [-0.2, -0.15) is 0 Å². The van der Waals surface area contributed by atoms with Crippen LogP contribution < -0.4 is 0 Å². The van der Waals surface area contributed by atoms with Crippen molar-refractivity contribution in [2.24, 2.45) is 0 Å². The summed E-state index contributed by atoms with van der Waals surface area (Å²) in [5.74, 6) is 0.180. The highest BCUT2D eigenvalue weighted by Crippen LogP contribution is 2.40. The maximum atomic E-state index is 11.4. The van der Waals surface area contributed by atoms with Crippen LogP contribution in [0.5, 0.6) is 0 Å². The number of carbonyl (C=O) groups is 2. The third-order valence-corrected chi connectivity index (χ3v) is 6.48. The second-order valence-electron chi connectivity index (χ2n) is 6.33. The Morgan fingerprint density at radius 1 is 0.875 bits per heavy atom. The second kappa shape index (κ2) is 8.81. The van der Waals surface area contributed by atoms with Gasteiger partial charge in [-0.1, -0.05) is 24.3 Å². The van der Waals surface area contributed by atoms with E-state index in [1.807, 2.05) is 6.07 Å². The molecule has 0 fully saturated rings. The quantitative estimate of drug-likeness (QED) is 0.646. The van der Waals surface area contributed by atoms with Gasteiger partial charge in [0.15, 0.2) is 0 Å². The van der Waals surface area contributed by atoms with Gasteiger partial charge in [0.2, 0.25) is 0 Å². The van der Waals surface area contributed by atoms with E-state index in [2.05, 4.69) is 45.9 Å². The van der Waals surface area contributed by atoms with E-state index in [1.54, 1.807) is 23.5 Å². The molecule has 6 heteroatoms. The van der Waals surface area contributed by atoms with Gasteiger partial charge in [0.05, 0.1) is 25.7 Å². The minimum Gasteiger partial charge on any atom is -0.468 e. The highest BCUT2D eigenvalue weighted by Gasteiger charge is 2.27. The van der Waals surface area contributed by atoms with Gasteiger partial charge in [0.25, 0.3) is 0 Å². The van der Waals surface area contributed by atoms with E-state index in [9.17, 15) is 9.59 Å². The molecular formula is C18H26O4S2. The summed E-state index contributed by atoms with van der Waals surface area (Å²) in [7, 11) is 2.80. The Kier molecular flexibility index (Phi) is 7.67. The molecule has 24 heavy (non-hydrogen) atoms. The summed E-state index contributed by atoms with van der Waals surface area (Å²) >= 11 is 3.10. The average molecular weight is 371 g/mol. The first-order valence-corrected chi connectivity index (χ1v) is 9.62. The molecule has 0 bridgehead atoms. The van der Waals surface area contributed by atoms with Crippen molar-refractivity contribution in [2.45, 2.75) is 37.2 Å². The van der Waals surface area contributed by atoms with Crippen molar-refractivity contribution in [2.75, 3.05) is 25.7 Å². The van der Waals surface area contributed by atoms with Gasteiger partial charge in [0.1, 0.15) is 0 Å². The van der Waals surface area contributed by atoms with Gasteiger partial charge in [-0.15, -0.1) is 23.5 Å². The van der Waals surface area contributed by atoms with Crippen LogP contribution in [0.1, 0.15) is 38.8 Å². The highest BCUT2D eigenvalue weighted by molar-refractivity contribution is 8.01. The maximum Gasteiger partial charge on any atom is 0.315 e. The molecule has 0 spiro atoms. The van der Waals surface area contributed by atoms with Crippen molar-refractivity contribution in [3.8, 4) is 0 Å². The van der Waals surface area contributed by atoms with Crippen LogP contribution in [-0.2, 0) is 28.6 Å². The van der Waals surface area contributed by atoms with Gasteiger partial charge >= 0.3 is 11.9 Å². The largest absolute Gasteiger partial charge is 0.468 e. The predicted molar refractivity (Wildman–Crippen MR) is 101 cm³/mol. The van der Waals surface area contributed by atoms with Gasteiger partial charge in [-0.3, -0.25) is 9.59 Å². The predicted octanol–water partition coefficient (Wildman–Crippen LogP) is 3.97. The number of hydrogen-bond donors (Lipinski definition) is 0. The lowest BCUT2D eigenvalue weighted by molar-refractivity contribution is -0.138. The van der Waals surface area contributed by atoms with Crippen LogP contribution in [0.3, 0.4) is 0 Å². The van der Waals surface area contributed by atoms with E-state index in [4.69, 9.17) is 9.47 Å². The SMILES string of the molecule is COC(=O)CSC(C)(C)c1cccc(C(C)(C)SCC(=O)OC)c1. The summed E-state index contributed by atoms with van der Waals surface area (Å²) < 4.78 is 9.01. The summed E-state index contributed by atoms with van der Waals surface area (Å²) in [5, 5.41) is 0. The summed E-state index contributed by atoms with van der Waals surface area (Å²) in [6.07, 6.45) is 0. The molecule has 0 heterocycles. The first-order valence-electron chi connectivity index (χ1n) is 7.65. The molecule has 0 radical (unpaired) electrons. The number of rotatable bonds is 8. The molecule has 0 amide bonds. The minimum atomic E-state index is -0.224. The van der Waals surface area contributed by atoms with Gasteiger partial charge in [0, 0.05) is 9.49 Å². The van der Waals surface area contributed by atoms with E-state index in [-0.39, 0.29) is 21.4 Å². The molecule has 0 N–H and O–H groups in total. The van der Waals surface area contributed by atoms with E-state index < -0.39 is 0 Å². The molecule has 0 aliphatic rings. The molecule has 0 aliphatic heterocycles. The topological polar surface area (TPSA) is 52.6 Å². The molecule has 1 aromatic carbocycles. The Bertz CT molecular complexity index is 535. The second-order valence-corrected chi connectivity index (χ2v) is 9.53. The Labute approximate surface area is 153 Å². The van der Waals surface area contributed by atoms with Crippen LogP contribution in [-0.4, -0.2) is 37.7 Å². The van der Waals surface area contributed by atoms with E-state index in [0.29, 0.717) is 11.5 Å². The maximum absolute atomic E-state index is 11.4. The number of carbonyl (C=O) groups excluding carboxylic acids is 2. The number of thioether (sulfide) groups is 2. The average Bonchev–Trinajstić information content (AvgIpc) is 2.57. The molecule has 4 nitrogen and oxygen atoms in total. The first kappa shape index (κ1) is 20.9. The fourth-order valence-electron chi connectivity index (χ4n) is 2.03. The van der Waals surface area contributed by atoms with Crippen LogP contribution in [0.2, 0.25) is 0 Å². The normalized spacial score (nSPS) is 11.9. The fourth-order valence-corrected chi connectivity index (χ4v) is 3.81. The van der Waals surface area contributed by atoms with Crippen molar-refractivity contribution in [1.82, 2.24) is 0 Å². The zero-order valence-electron chi connectivity index (χ0n) is 15.2. The lowest BCUT2D eigenvalue weighted by atomic mass is 9.95. The first-order chi connectivity index (χ1) is 11.1. The highest BCUT2D eigenvalue weighted by atomic mass is 32.2. The number of methoxy groups -OCH3 is 2. The van der Waals surface area contributed by atoms with E-state index >= 15 is 0 Å². The molecular weight excluding hydrogens is 344 g/mol. The Hall–Kier alpha value is -1.14. The van der Waals surface area contributed by atoms with Crippen molar-refractivity contribution < 1.29 is 19.1 Å². The molecule has 0 saturated heterocycles. The monoisotopic (exact) mass is 370 g/mol. The van der Waals surface area contributed by atoms with E-state index in [0.717, 1.165) is 11.1 Å². The summed E-state index contributed by atoms with van der Waals surface area (Å²) in [5.41, 5.74) is 2.28. The van der Waals surface area contributed by atoms with Crippen molar-refractivity contribution in [1.29, 1.82) is 0 Å². The third kappa shape index (κ3) is 6.06. The van der Waals surface area contributed by atoms with Gasteiger partial charge in [-0.05, 0) is 38.8 Å². The van der Waals surface area contributed by atoms with E-state index in [1.165, 1.54) is 14.2 Å². The molecule has 134 valence electrons. The fraction of sp³-hybridized carbons (Fsp3) is 0.556. The molecule has 0 atom stereocenters. The molecule has 0 saturated carbocycles. The lowest BCUT2D eigenvalue weighted by Gasteiger charge is -2.29. The van der Waals surface area contributed by atoms with Crippen LogP contribution in [0.25, 0.3) is 0 Å². The Morgan fingerprint density at radius 3 is 1.58 bits per heavy atom. The third-order valence-electron chi connectivity index (χ3n) is 3.81. The Morgan fingerprint density at radius 2 is 1.25 bits per heavy atom. The van der Waals surface area contributed by atoms with Crippen molar-refractivity contribution in [3.05, 3.63) is 35.4 Å². The summed E-state index contributed by atoms with van der Waals surface area (Å²) in [6, 6.07) is 8.30. The number of esters is 2. The lowest BCUT2D eigenvalue weighted by Crippen LogP contribution is -2.20. The molecule has 0 aromatic heterocycles. The van der Waals surface area contributed by atoms with Gasteiger partial charge < -0.3 is 9.47 Å². The number of ether oxygens (including phenoxy) is 2. The standard InChI is InChI=1S/C18H26O4S2/c1-17(2,23-11-15(19)21-5)13-8-7-9-14(10-13)18(3,4)24-12-16(20)22-6/h7-10H,11-12H2,1-6H3. The zero-order chi connectivity index (χ0) is 18.4. The van der Waals surface area contributed by atoms with Crippen molar-refractivity contribution in [3.63, 3.8) is 0 Å². The minimum absolute atomic E-state index is 0.215. The van der Waals surface area contributed by atoms with Gasteiger partial charge in [-0.25, -0.2) is 0 Å². The van der Waals surface area contributed by atoms with Crippen LogP contribution in [0.15, 0.2) is 24.3 Å². The zero-order valence-corrected chi connectivity index (χ0v) is 16.8. The molecule has 1 aromatic rings. The van der Waals surface area contributed by atoms with Crippen LogP contribution in [0, 0.1) is 0 Å². The molecule has 0 aliphatic carbocycles.